The van der Waals surface area contributed by atoms with E-state index in [1.807, 2.05) is 12.1 Å². The molecule has 190 valence electrons. The molecule has 3 N–H and O–H groups in total. The molecule has 12 heteroatoms. The first-order chi connectivity index (χ1) is 17.2. The molecule has 0 unspecified atom stereocenters. The average molecular weight is 515 g/mol. The molecule has 2 aromatic carbocycles. The van der Waals surface area contributed by atoms with Crippen molar-refractivity contribution in [1.29, 1.82) is 0 Å². The molecule has 0 saturated heterocycles. The summed E-state index contributed by atoms with van der Waals surface area (Å²) in [6.45, 7) is 0. The number of anilines is 3. The van der Waals surface area contributed by atoms with Gasteiger partial charge in [-0.25, -0.2) is 0 Å². The lowest BCUT2D eigenvalue weighted by Gasteiger charge is -2.28. The number of amides is 1. The Morgan fingerprint density at radius 2 is 1.75 bits per heavy atom. The molecular formula is C24H26N4O7S. The molecule has 0 radical (unpaired) electrons. The van der Waals surface area contributed by atoms with Gasteiger partial charge in [0.15, 0.2) is 5.75 Å². The summed E-state index contributed by atoms with van der Waals surface area (Å²) in [7, 11) is -3.74. The summed E-state index contributed by atoms with van der Waals surface area (Å²) < 4.78 is 33.2. The Bertz CT molecular complexity index is 1330. The number of carbonyl (C=O) groups is 2. The normalized spacial score (nSPS) is 17.8. The van der Waals surface area contributed by atoms with Crippen LogP contribution in [0.25, 0.3) is 0 Å². The Balaban J connectivity index is 1.34. The number of carboxylic acids is 1. The van der Waals surface area contributed by atoms with Gasteiger partial charge in [0.2, 0.25) is 0 Å². The van der Waals surface area contributed by atoms with Crippen molar-refractivity contribution in [2.24, 2.45) is 5.92 Å². The van der Waals surface area contributed by atoms with E-state index in [0.29, 0.717) is 11.6 Å². The zero-order chi connectivity index (χ0) is 25.7. The number of hydrogen-bond acceptors (Lipinski definition) is 9. The van der Waals surface area contributed by atoms with E-state index in [9.17, 15) is 18.0 Å². The van der Waals surface area contributed by atoms with Crippen LogP contribution >= 0.6 is 0 Å². The van der Waals surface area contributed by atoms with Crippen LogP contribution < -0.4 is 14.8 Å². The zero-order valence-electron chi connectivity index (χ0n) is 19.5. The van der Waals surface area contributed by atoms with Crippen LogP contribution in [0.1, 0.15) is 54.3 Å². The largest absolute Gasteiger partial charge is 0.481 e. The number of carboxylic acid groups (broad SMARTS) is 1. The number of hydrogen-bond donors (Lipinski definition) is 3. The molecule has 1 heterocycles. The lowest BCUT2D eigenvalue weighted by Crippen LogP contribution is -2.16. The van der Waals surface area contributed by atoms with Gasteiger partial charge < -0.3 is 24.3 Å². The van der Waals surface area contributed by atoms with Crippen molar-refractivity contribution in [2.75, 3.05) is 16.9 Å². The van der Waals surface area contributed by atoms with Crippen molar-refractivity contribution in [3.63, 3.8) is 0 Å². The molecule has 0 bridgehead atoms. The minimum absolute atomic E-state index is 0.0414. The van der Waals surface area contributed by atoms with Gasteiger partial charge in [0.05, 0.1) is 11.9 Å². The maximum absolute atomic E-state index is 12.6. The molecule has 1 aliphatic rings. The molecule has 1 aliphatic carbocycles. The summed E-state index contributed by atoms with van der Waals surface area (Å²) in [6, 6.07) is 13.7. The SMILES string of the molecule is CS(=O)(=O)Oc1ccccc1Nc1nnc(C(=O)Nc2ccc([C@H]3CC[C@H](CC(=O)O)CC3)cc2)o1. The van der Waals surface area contributed by atoms with E-state index in [1.165, 1.54) is 6.07 Å². The molecule has 11 nitrogen and oxygen atoms in total. The molecule has 0 aliphatic heterocycles. The van der Waals surface area contributed by atoms with Crippen molar-refractivity contribution >= 4 is 39.4 Å². The third kappa shape index (κ3) is 6.81. The quantitative estimate of drug-likeness (QED) is 0.354. The van der Waals surface area contributed by atoms with E-state index in [4.69, 9.17) is 13.7 Å². The van der Waals surface area contributed by atoms with Crippen LogP contribution in [0.4, 0.5) is 17.4 Å². The minimum atomic E-state index is -3.74. The highest BCUT2D eigenvalue weighted by Crippen LogP contribution is 2.37. The first-order valence-electron chi connectivity index (χ1n) is 11.4. The predicted octanol–water partition coefficient (Wildman–Crippen LogP) is 4.15. The van der Waals surface area contributed by atoms with Gasteiger partial charge in [-0.2, -0.15) is 8.42 Å². The fourth-order valence-corrected chi connectivity index (χ4v) is 4.73. The second kappa shape index (κ2) is 10.8. The van der Waals surface area contributed by atoms with Crippen molar-refractivity contribution in [2.45, 2.75) is 38.0 Å². The minimum Gasteiger partial charge on any atom is -0.481 e. The summed E-state index contributed by atoms with van der Waals surface area (Å²) in [5.74, 6) is -0.961. The fourth-order valence-electron chi connectivity index (χ4n) is 4.26. The van der Waals surface area contributed by atoms with E-state index >= 15 is 0 Å². The Morgan fingerprint density at radius 3 is 2.42 bits per heavy atom. The summed E-state index contributed by atoms with van der Waals surface area (Å²) in [6.07, 6.45) is 4.84. The average Bonchev–Trinajstić information content (AvgIpc) is 3.29. The Morgan fingerprint density at radius 1 is 1.06 bits per heavy atom. The van der Waals surface area contributed by atoms with E-state index < -0.39 is 22.0 Å². The standard InChI is InChI=1S/C24H26N4O7S/c1-36(32,33)35-20-5-3-2-4-19(20)26-24-28-27-23(34-24)22(31)25-18-12-10-17(11-13-18)16-8-6-15(7-9-16)14-21(29)30/h2-5,10-13,15-16H,6-9,14H2,1H3,(H,25,31)(H,26,28)(H,29,30)/t15-,16-. The summed E-state index contributed by atoms with van der Waals surface area (Å²) in [5.41, 5.74) is 1.98. The Labute approximate surface area is 208 Å². The second-order valence-corrected chi connectivity index (χ2v) is 10.3. The number of aliphatic carboxylic acids is 1. The molecular weight excluding hydrogens is 488 g/mol. The van der Waals surface area contributed by atoms with Crippen LogP contribution in [0.15, 0.2) is 52.9 Å². The van der Waals surface area contributed by atoms with Gasteiger partial charge >= 0.3 is 33.9 Å². The predicted molar refractivity (Wildman–Crippen MR) is 131 cm³/mol. The van der Waals surface area contributed by atoms with Crippen LogP contribution in [0.2, 0.25) is 0 Å². The van der Waals surface area contributed by atoms with E-state index in [-0.39, 0.29) is 35.7 Å². The van der Waals surface area contributed by atoms with Crippen LogP contribution in [-0.4, -0.2) is 41.9 Å². The molecule has 36 heavy (non-hydrogen) atoms. The smallest absolute Gasteiger partial charge is 0.320 e. The second-order valence-electron chi connectivity index (χ2n) is 8.71. The van der Waals surface area contributed by atoms with Crippen LogP contribution in [0.3, 0.4) is 0 Å². The van der Waals surface area contributed by atoms with E-state index in [0.717, 1.165) is 37.5 Å². The molecule has 1 amide bonds. The van der Waals surface area contributed by atoms with Gasteiger partial charge in [0.1, 0.15) is 0 Å². The number of carbonyl (C=O) groups excluding carboxylic acids is 1. The van der Waals surface area contributed by atoms with Gasteiger partial charge in [-0.3, -0.25) is 9.59 Å². The molecule has 1 saturated carbocycles. The van der Waals surface area contributed by atoms with Gasteiger partial charge in [0, 0.05) is 12.1 Å². The lowest BCUT2D eigenvalue weighted by atomic mass is 9.77. The van der Waals surface area contributed by atoms with Gasteiger partial charge in [-0.15, -0.1) is 5.10 Å². The monoisotopic (exact) mass is 514 g/mol. The molecule has 1 fully saturated rings. The molecule has 4 rings (SSSR count). The maximum atomic E-state index is 12.6. The first-order valence-corrected chi connectivity index (χ1v) is 13.2. The maximum Gasteiger partial charge on any atom is 0.320 e. The highest BCUT2D eigenvalue weighted by atomic mass is 32.2. The highest BCUT2D eigenvalue weighted by Gasteiger charge is 2.24. The molecule has 1 aromatic heterocycles. The van der Waals surface area contributed by atoms with Crippen LogP contribution in [0, 0.1) is 5.92 Å². The van der Waals surface area contributed by atoms with E-state index in [1.54, 1.807) is 30.3 Å². The summed E-state index contributed by atoms with van der Waals surface area (Å²) >= 11 is 0. The van der Waals surface area contributed by atoms with Crippen LogP contribution in [-0.2, 0) is 14.9 Å². The number of nitrogens with zero attached hydrogens (tertiary/aromatic N) is 2. The molecule has 0 atom stereocenters. The lowest BCUT2D eigenvalue weighted by molar-refractivity contribution is -0.138. The topological polar surface area (TPSA) is 161 Å². The summed E-state index contributed by atoms with van der Waals surface area (Å²) in [5, 5.41) is 21.9. The number of rotatable bonds is 9. The molecule has 3 aromatic rings. The molecule has 0 spiro atoms. The third-order valence-corrected chi connectivity index (χ3v) is 6.42. The highest BCUT2D eigenvalue weighted by molar-refractivity contribution is 7.86. The Kier molecular flexibility index (Phi) is 7.53. The first kappa shape index (κ1) is 25.2. The van der Waals surface area contributed by atoms with Gasteiger partial charge in [-0.1, -0.05) is 29.4 Å². The zero-order valence-corrected chi connectivity index (χ0v) is 20.3. The fraction of sp³-hybridized carbons (Fsp3) is 0.333. The van der Waals surface area contributed by atoms with Crippen molar-refractivity contribution in [1.82, 2.24) is 10.2 Å². The third-order valence-electron chi connectivity index (χ3n) is 5.94. The van der Waals surface area contributed by atoms with Crippen molar-refractivity contribution in [3.8, 4) is 5.75 Å². The van der Waals surface area contributed by atoms with Gasteiger partial charge in [-0.05, 0) is 67.3 Å². The van der Waals surface area contributed by atoms with E-state index in [2.05, 4.69) is 20.8 Å². The summed E-state index contributed by atoms with van der Waals surface area (Å²) in [4.78, 5) is 23.5. The van der Waals surface area contributed by atoms with Crippen LogP contribution in [0.5, 0.6) is 5.75 Å². The number of benzene rings is 2. The number of para-hydroxylation sites is 2. The Hall–Kier alpha value is -3.93. The van der Waals surface area contributed by atoms with Crippen molar-refractivity contribution in [3.05, 3.63) is 60.0 Å². The number of nitrogens with one attached hydrogen (secondary N) is 2. The van der Waals surface area contributed by atoms with Gasteiger partial charge in [0.25, 0.3) is 0 Å². The number of aromatic nitrogens is 2. The van der Waals surface area contributed by atoms with Crippen molar-refractivity contribution < 1.29 is 31.7 Å².